The van der Waals surface area contributed by atoms with Gasteiger partial charge in [0.15, 0.2) is 0 Å². The number of nitrogen functional groups attached to an aromatic ring is 1. The first-order valence-corrected chi connectivity index (χ1v) is 8.12. The fourth-order valence-electron chi connectivity index (χ4n) is 2.34. The van der Waals surface area contributed by atoms with E-state index in [9.17, 15) is 4.79 Å². The summed E-state index contributed by atoms with van der Waals surface area (Å²) in [5.41, 5.74) is 6.78. The van der Waals surface area contributed by atoms with Gasteiger partial charge in [0.2, 0.25) is 0 Å². The third-order valence-corrected chi connectivity index (χ3v) is 5.29. The standard InChI is InChI=1S/C15H15BrN2OS/c1-2-8-18(9-6-7-9)15(19)14-13(17)12-10(16)4-3-5-11(12)20-14/h2-5,9H,1,6-8,17H2. The molecule has 0 unspecified atom stereocenters. The van der Waals surface area contributed by atoms with Crippen LogP contribution in [0.15, 0.2) is 35.3 Å². The molecule has 1 aliphatic rings. The van der Waals surface area contributed by atoms with Gasteiger partial charge in [-0.2, -0.15) is 0 Å². The highest BCUT2D eigenvalue weighted by Gasteiger charge is 2.34. The number of rotatable bonds is 4. The first-order chi connectivity index (χ1) is 9.63. The summed E-state index contributed by atoms with van der Waals surface area (Å²) in [6.07, 6.45) is 3.93. The average molecular weight is 351 g/mol. The van der Waals surface area contributed by atoms with E-state index in [1.807, 2.05) is 23.1 Å². The van der Waals surface area contributed by atoms with Gasteiger partial charge in [0, 0.05) is 27.1 Å². The van der Waals surface area contributed by atoms with E-state index in [0.29, 0.717) is 23.2 Å². The lowest BCUT2D eigenvalue weighted by Crippen LogP contribution is -2.33. The Morgan fingerprint density at radius 2 is 2.30 bits per heavy atom. The smallest absolute Gasteiger partial charge is 0.266 e. The molecule has 0 radical (unpaired) electrons. The number of benzene rings is 1. The molecule has 1 fully saturated rings. The van der Waals surface area contributed by atoms with Crippen LogP contribution in [0.3, 0.4) is 0 Å². The number of fused-ring (bicyclic) bond motifs is 1. The molecule has 3 rings (SSSR count). The summed E-state index contributed by atoms with van der Waals surface area (Å²) in [5.74, 6) is 0.0259. The molecule has 1 heterocycles. The van der Waals surface area contributed by atoms with Crippen LogP contribution in [0.25, 0.3) is 10.1 Å². The molecular weight excluding hydrogens is 336 g/mol. The molecule has 0 atom stereocenters. The Labute approximate surface area is 130 Å². The van der Waals surface area contributed by atoms with Gasteiger partial charge in [-0.25, -0.2) is 0 Å². The molecule has 3 nitrogen and oxygen atoms in total. The maximum Gasteiger partial charge on any atom is 0.266 e. The van der Waals surface area contributed by atoms with Crippen molar-refractivity contribution in [3.05, 3.63) is 40.2 Å². The number of carbonyl (C=O) groups is 1. The monoisotopic (exact) mass is 350 g/mol. The number of nitrogens with two attached hydrogens (primary N) is 1. The van der Waals surface area contributed by atoms with Crippen molar-refractivity contribution in [3.8, 4) is 0 Å². The zero-order valence-corrected chi connectivity index (χ0v) is 13.3. The summed E-state index contributed by atoms with van der Waals surface area (Å²) in [6.45, 7) is 4.32. The maximum atomic E-state index is 12.7. The summed E-state index contributed by atoms with van der Waals surface area (Å²) in [4.78, 5) is 15.2. The molecule has 1 aromatic carbocycles. The Morgan fingerprint density at radius 1 is 1.55 bits per heavy atom. The molecule has 1 aliphatic carbocycles. The van der Waals surface area contributed by atoms with Gasteiger partial charge in [-0.15, -0.1) is 17.9 Å². The fourth-order valence-corrected chi connectivity index (χ4v) is 4.16. The molecule has 5 heteroatoms. The molecule has 2 aromatic rings. The van der Waals surface area contributed by atoms with E-state index in [1.165, 1.54) is 11.3 Å². The largest absolute Gasteiger partial charge is 0.397 e. The number of thiophene rings is 1. The highest BCUT2D eigenvalue weighted by atomic mass is 79.9. The number of hydrogen-bond acceptors (Lipinski definition) is 3. The van der Waals surface area contributed by atoms with Crippen molar-refractivity contribution in [2.24, 2.45) is 0 Å². The van der Waals surface area contributed by atoms with Gasteiger partial charge in [-0.1, -0.05) is 28.1 Å². The molecule has 0 bridgehead atoms. The van der Waals surface area contributed by atoms with Gasteiger partial charge in [0.1, 0.15) is 4.88 Å². The van der Waals surface area contributed by atoms with Gasteiger partial charge in [-0.05, 0) is 25.0 Å². The Bertz CT molecular complexity index is 690. The molecule has 1 amide bonds. The minimum Gasteiger partial charge on any atom is -0.397 e. The number of carbonyl (C=O) groups excluding carboxylic acids is 1. The van der Waals surface area contributed by atoms with Crippen molar-refractivity contribution in [1.82, 2.24) is 4.90 Å². The summed E-state index contributed by atoms with van der Waals surface area (Å²) in [6, 6.07) is 6.25. The van der Waals surface area contributed by atoms with Crippen molar-refractivity contribution < 1.29 is 4.79 Å². The zero-order valence-electron chi connectivity index (χ0n) is 10.9. The van der Waals surface area contributed by atoms with Crippen LogP contribution in [0, 0.1) is 0 Å². The average Bonchev–Trinajstić information content (AvgIpc) is 3.20. The Hall–Kier alpha value is -1.33. The van der Waals surface area contributed by atoms with E-state index >= 15 is 0 Å². The van der Waals surface area contributed by atoms with E-state index in [1.54, 1.807) is 6.08 Å². The first-order valence-electron chi connectivity index (χ1n) is 6.52. The highest BCUT2D eigenvalue weighted by Crippen LogP contribution is 2.40. The Kier molecular flexibility index (Phi) is 3.56. The quantitative estimate of drug-likeness (QED) is 0.845. The molecule has 20 heavy (non-hydrogen) atoms. The second-order valence-corrected chi connectivity index (χ2v) is 6.84. The highest BCUT2D eigenvalue weighted by molar-refractivity contribution is 9.10. The van der Waals surface area contributed by atoms with E-state index in [-0.39, 0.29) is 5.91 Å². The van der Waals surface area contributed by atoms with Crippen LogP contribution in [0.4, 0.5) is 5.69 Å². The molecule has 1 saturated carbocycles. The van der Waals surface area contributed by atoms with Crippen molar-refractivity contribution >= 4 is 48.9 Å². The van der Waals surface area contributed by atoms with Crippen molar-refractivity contribution in [1.29, 1.82) is 0 Å². The summed E-state index contributed by atoms with van der Waals surface area (Å²) < 4.78 is 1.97. The third-order valence-electron chi connectivity index (χ3n) is 3.47. The molecule has 104 valence electrons. The number of halogens is 1. The molecule has 2 N–H and O–H groups in total. The number of amides is 1. The van der Waals surface area contributed by atoms with E-state index < -0.39 is 0 Å². The predicted octanol–water partition coefficient (Wildman–Crippen LogP) is 4.04. The van der Waals surface area contributed by atoms with Crippen LogP contribution in [0.5, 0.6) is 0 Å². The van der Waals surface area contributed by atoms with Gasteiger partial charge in [0.25, 0.3) is 5.91 Å². The topological polar surface area (TPSA) is 46.3 Å². The van der Waals surface area contributed by atoms with E-state index in [2.05, 4.69) is 22.5 Å². The summed E-state index contributed by atoms with van der Waals surface area (Å²) in [5, 5.41) is 0.940. The second kappa shape index (κ2) is 5.22. The number of nitrogens with zero attached hydrogens (tertiary/aromatic N) is 1. The van der Waals surface area contributed by atoms with E-state index in [4.69, 9.17) is 5.73 Å². The van der Waals surface area contributed by atoms with Gasteiger partial charge < -0.3 is 10.6 Å². The Morgan fingerprint density at radius 3 is 2.90 bits per heavy atom. The molecule has 0 aliphatic heterocycles. The van der Waals surface area contributed by atoms with Crippen molar-refractivity contribution in [2.45, 2.75) is 18.9 Å². The Balaban J connectivity index is 2.05. The minimum atomic E-state index is 0.0259. The SMILES string of the molecule is C=CCN(C(=O)c1sc2cccc(Br)c2c1N)C1CC1. The van der Waals surface area contributed by atoms with E-state index in [0.717, 1.165) is 27.4 Å². The molecule has 0 saturated heterocycles. The van der Waals surface area contributed by atoms with Crippen molar-refractivity contribution in [3.63, 3.8) is 0 Å². The predicted molar refractivity (Wildman–Crippen MR) is 88.2 cm³/mol. The van der Waals surface area contributed by atoms with Crippen LogP contribution < -0.4 is 5.73 Å². The minimum absolute atomic E-state index is 0.0259. The number of anilines is 1. The first kappa shape index (κ1) is 13.6. The van der Waals surface area contributed by atoms with Crippen LogP contribution in [0.2, 0.25) is 0 Å². The second-order valence-electron chi connectivity index (χ2n) is 4.94. The lowest BCUT2D eigenvalue weighted by molar-refractivity contribution is 0.0768. The summed E-state index contributed by atoms with van der Waals surface area (Å²) in [7, 11) is 0. The third kappa shape index (κ3) is 2.25. The zero-order chi connectivity index (χ0) is 14.3. The fraction of sp³-hybridized carbons (Fsp3) is 0.267. The summed E-state index contributed by atoms with van der Waals surface area (Å²) >= 11 is 4.97. The lowest BCUT2D eigenvalue weighted by atomic mass is 10.2. The molecular formula is C15H15BrN2OS. The molecule has 1 aromatic heterocycles. The number of hydrogen-bond donors (Lipinski definition) is 1. The maximum absolute atomic E-state index is 12.7. The van der Waals surface area contributed by atoms with Crippen LogP contribution in [-0.2, 0) is 0 Å². The van der Waals surface area contributed by atoms with Crippen LogP contribution in [0.1, 0.15) is 22.5 Å². The van der Waals surface area contributed by atoms with Gasteiger partial charge in [0.05, 0.1) is 5.69 Å². The lowest BCUT2D eigenvalue weighted by Gasteiger charge is -2.20. The van der Waals surface area contributed by atoms with Crippen molar-refractivity contribution in [2.75, 3.05) is 12.3 Å². The van der Waals surface area contributed by atoms with Crippen LogP contribution >= 0.6 is 27.3 Å². The normalized spacial score (nSPS) is 14.4. The van der Waals surface area contributed by atoms with Gasteiger partial charge in [-0.3, -0.25) is 4.79 Å². The molecule has 0 spiro atoms. The van der Waals surface area contributed by atoms with Crippen LogP contribution in [-0.4, -0.2) is 23.4 Å². The van der Waals surface area contributed by atoms with Gasteiger partial charge >= 0.3 is 0 Å².